The minimum Gasteiger partial charge on any atom is -0.481 e. The quantitative estimate of drug-likeness (QED) is 0.498. The van der Waals surface area contributed by atoms with E-state index in [1.54, 1.807) is 46.3 Å². The van der Waals surface area contributed by atoms with Crippen LogP contribution in [-0.4, -0.2) is 34.7 Å². The first-order valence-electron chi connectivity index (χ1n) is 8.63. The number of nitrogens with zero attached hydrogens (tertiary/aromatic N) is 3. The van der Waals surface area contributed by atoms with E-state index in [0.717, 1.165) is 17.3 Å². The fourth-order valence-electron chi connectivity index (χ4n) is 2.38. The average Bonchev–Trinajstić information content (AvgIpc) is 3.17. The molecule has 2 aromatic heterocycles. The van der Waals surface area contributed by atoms with E-state index in [9.17, 15) is 10.1 Å². The molecule has 0 spiro atoms. The lowest BCUT2D eigenvalue weighted by atomic mass is 9.87. The molecule has 8 heteroatoms. The van der Waals surface area contributed by atoms with Crippen LogP contribution in [0, 0.1) is 16.7 Å². The maximum absolute atomic E-state index is 11.9. The summed E-state index contributed by atoms with van der Waals surface area (Å²) in [5, 5.41) is 9.37. The number of carbonyl (C=O) groups excluding carboxylic acids is 1. The van der Waals surface area contributed by atoms with E-state index in [-0.39, 0.29) is 5.57 Å². The lowest BCUT2D eigenvalue weighted by Crippen LogP contribution is -2.28. The number of aliphatic imine (C=N–C) groups is 1. The molecule has 1 amide bonds. The summed E-state index contributed by atoms with van der Waals surface area (Å²) in [6, 6.07) is 7.25. The van der Waals surface area contributed by atoms with Crippen LogP contribution >= 0.6 is 0 Å². The number of amides is 1. The van der Waals surface area contributed by atoms with E-state index in [1.165, 1.54) is 0 Å². The monoisotopic (exact) mass is 380 g/mol. The maximum Gasteiger partial charge on any atom is 0.252 e. The number of primary amides is 1. The highest BCUT2D eigenvalue weighted by Crippen LogP contribution is 2.26. The third-order valence-corrected chi connectivity index (χ3v) is 4.56. The Hall–Kier alpha value is -3.60. The highest BCUT2D eigenvalue weighted by molar-refractivity contribution is 6.27. The number of hydrogen-bond donors (Lipinski definition) is 3. The third kappa shape index (κ3) is 4.38. The Morgan fingerprint density at radius 2 is 2.14 bits per heavy atom. The molecule has 0 aromatic carbocycles. The van der Waals surface area contributed by atoms with E-state index < -0.39 is 17.4 Å². The number of ether oxygens (including phenoxy) is 1. The third-order valence-electron chi connectivity index (χ3n) is 4.56. The van der Waals surface area contributed by atoms with Gasteiger partial charge in [-0.25, -0.2) is 4.98 Å². The van der Waals surface area contributed by atoms with E-state index >= 15 is 0 Å². The summed E-state index contributed by atoms with van der Waals surface area (Å²) in [5.41, 5.74) is 13.0. The number of H-pyrrole nitrogens is 1. The van der Waals surface area contributed by atoms with Crippen molar-refractivity contribution < 1.29 is 9.53 Å². The molecule has 5 N–H and O–H groups in total. The minimum atomic E-state index is -0.738. The van der Waals surface area contributed by atoms with Gasteiger partial charge in [-0.05, 0) is 32.9 Å². The largest absolute Gasteiger partial charge is 0.481 e. The Bertz CT molecular complexity index is 948. The van der Waals surface area contributed by atoms with Crippen LogP contribution in [0.4, 0.5) is 0 Å². The highest BCUT2D eigenvalue weighted by Gasteiger charge is 2.27. The summed E-state index contributed by atoms with van der Waals surface area (Å²) in [7, 11) is 1.55. The molecule has 0 radical (unpaired) electrons. The van der Waals surface area contributed by atoms with Crippen LogP contribution in [0.5, 0.6) is 5.88 Å². The van der Waals surface area contributed by atoms with Gasteiger partial charge in [0.2, 0.25) is 5.88 Å². The molecule has 8 nitrogen and oxygen atoms in total. The van der Waals surface area contributed by atoms with Crippen LogP contribution in [0.1, 0.15) is 26.5 Å². The van der Waals surface area contributed by atoms with Gasteiger partial charge in [-0.3, -0.25) is 9.79 Å². The highest BCUT2D eigenvalue weighted by atomic mass is 16.5. The molecule has 146 valence electrons. The summed E-state index contributed by atoms with van der Waals surface area (Å²) < 4.78 is 5.07. The van der Waals surface area contributed by atoms with Crippen molar-refractivity contribution in [3.8, 4) is 23.1 Å². The first-order valence-corrected chi connectivity index (χ1v) is 8.63. The van der Waals surface area contributed by atoms with Crippen molar-refractivity contribution in [2.45, 2.75) is 26.8 Å². The van der Waals surface area contributed by atoms with Gasteiger partial charge in [0, 0.05) is 35.8 Å². The van der Waals surface area contributed by atoms with Gasteiger partial charge in [0.25, 0.3) is 5.91 Å². The van der Waals surface area contributed by atoms with Crippen LogP contribution in [0.25, 0.3) is 11.1 Å². The van der Waals surface area contributed by atoms with Gasteiger partial charge in [0.05, 0.1) is 41.6 Å². The maximum atomic E-state index is 11.9. The van der Waals surface area contributed by atoms with Gasteiger partial charge in [0.1, 0.15) is 0 Å². The summed E-state index contributed by atoms with van der Waals surface area (Å²) in [5.74, 6) is -0.193. The number of rotatable bonds is 7. The van der Waals surface area contributed by atoms with Gasteiger partial charge in [-0.2, -0.15) is 5.26 Å². The van der Waals surface area contributed by atoms with E-state index in [1.807, 2.05) is 12.1 Å². The Labute approximate surface area is 163 Å². The van der Waals surface area contributed by atoms with Gasteiger partial charge in [-0.15, -0.1) is 0 Å². The first kappa shape index (κ1) is 20.7. The predicted octanol–water partition coefficient (Wildman–Crippen LogP) is 2.14. The van der Waals surface area contributed by atoms with Crippen LogP contribution in [0.2, 0.25) is 0 Å². The molecule has 1 unspecified atom stereocenters. The molecule has 1 atom stereocenters. The summed E-state index contributed by atoms with van der Waals surface area (Å²) in [6.45, 7) is 5.35. The predicted molar refractivity (Wildman–Crippen MR) is 107 cm³/mol. The molecule has 0 aliphatic carbocycles. The molecular weight excluding hydrogens is 356 g/mol. The SMILES string of the molecule is COc1ccc(-c2c[nH]c(C(=NC(C)C(C)(C)C#N)C(=CN)C(N)=O)c2)cn1. The smallest absolute Gasteiger partial charge is 0.252 e. The van der Waals surface area contributed by atoms with Gasteiger partial charge < -0.3 is 21.2 Å². The zero-order chi connectivity index (χ0) is 20.9. The molecule has 0 aliphatic rings. The number of aromatic amines is 1. The second-order valence-electron chi connectivity index (χ2n) is 6.82. The number of hydrogen-bond acceptors (Lipinski definition) is 6. The van der Waals surface area contributed by atoms with Crippen molar-refractivity contribution in [2.75, 3.05) is 7.11 Å². The molecule has 2 aromatic rings. The Morgan fingerprint density at radius 1 is 1.43 bits per heavy atom. The average molecular weight is 380 g/mol. The molecule has 0 saturated heterocycles. The van der Waals surface area contributed by atoms with Crippen molar-refractivity contribution >= 4 is 11.6 Å². The van der Waals surface area contributed by atoms with E-state index in [2.05, 4.69) is 21.0 Å². The number of nitriles is 1. The zero-order valence-corrected chi connectivity index (χ0v) is 16.4. The number of methoxy groups -OCH3 is 1. The molecule has 0 fully saturated rings. The normalized spacial score (nSPS) is 13.7. The second kappa shape index (κ2) is 8.39. The Balaban J connectivity index is 2.51. The number of nitrogens with two attached hydrogens (primary N) is 2. The number of aromatic nitrogens is 2. The fraction of sp³-hybridized carbons (Fsp3) is 0.300. The molecule has 2 heterocycles. The lowest BCUT2D eigenvalue weighted by molar-refractivity contribution is -0.114. The van der Waals surface area contributed by atoms with Crippen molar-refractivity contribution in [1.29, 1.82) is 5.26 Å². The number of nitrogens with one attached hydrogen (secondary N) is 1. The van der Waals surface area contributed by atoms with Crippen molar-refractivity contribution in [3.05, 3.63) is 48.1 Å². The van der Waals surface area contributed by atoms with Gasteiger partial charge in [0.15, 0.2) is 0 Å². The zero-order valence-electron chi connectivity index (χ0n) is 16.4. The number of pyridine rings is 1. The van der Waals surface area contributed by atoms with E-state index in [4.69, 9.17) is 16.2 Å². The second-order valence-corrected chi connectivity index (χ2v) is 6.82. The lowest BCUT2D eigenvalue weighted by Gasteiger charge is -2.22. The Morgan fingerprint density at radius 3 is 2.64 bits per heavy atom. The van der Waals surface area contributed by atoms with Crippen LogP contribution in [0.15, 0.2) is 47.4 Å². The molecule has 2 rings (SSSR count). The van der Waals surface area contributed by atoms with Gasteiger partial charge >= 0.3 is 0 Å². The molecular formula is C20H24N6O2. The van der Waals surface area contributed by atoms with Crippen molar-refractivity contribution in [1.82, 2.24) is 9.97 Å². The Kier molecular flexibility index (Phi) is 6.21. The van der Waals surface area contributed by atoms with Crippen molar-refractivity contribution in [2.24, 2.45) is 21.9 Å². The summed E-state index contributed by atoms with van der Waals surface area (Å²) in [4.78, 5) is 23.8. The molecule has 0 saturated carbocycles. The summed E-state index contributed by atoms with van der Waals surface area (Å²) >= 11 is 0. The minimum absolute atomic E-state index is 0.0712. The van der Waals surface area contributed by atoms with Crippen LogP contribution < -0.4 is 16.2 Å². The fourth-order valence-corrected chi connectivity index (χ4v) is 2.38. The standard InChI is InChI=1S/C20H24N6O2/c1-12(20(2,3)11-22)26-18(15(8-21)19(23)27)16-7-14(10-24-16)13-5-6-17(28-4)25-9-13/h5-10,12,24H,21H2,1-4H3,(H2,23,27). The van der Waals surface area contributed by atoms with Crippen LogP contribution in [0.3, 0.4) is 0 Å². The molecule has 0 aliphatic heterocycles. The van der Waals surface area contributed by atoms with Gasteiger partial charge in [-0.1, -0.05) is 0 Å². The van der Waals surface area contributed by atoms with E-state index in [0.29, 0.717) is 17.3 Å². The number of carbonyl (C=O) groups is 1. The first-order chi connectivity index (χ1) is 13.2. The summed E-state index contributed by atoms with van der Waals surface area (Å²) in [6.07, 6.45) is 4.57. The van der Waals surface area contributed by atoms with Crippen LogP contribution in [-0.2, 0) is 4.79 Å². The van der Waals surface area contributed by atoms with Crippen molar-refractivity contribution in [3.63, 3.8) is 0 Å². The molecule has 0 bridgehead atoms. The molecule has 28 heavy (non-hydrogen) atoms. The topological polar surface area (TPSA) is 143 Å².